The average molecular weight is 377 g/mol. The summed E-state index contributed by atoms with van der Waals surface area (Å²) in [5.74, 6) is 0.899. The molecular weight excluding hydrogens is 348 g/mol. The fraction of sp³-hybridized carbons (Fsp3) is 0.375. The second-order valence-electron chi connectivity index (χ2n) is 7.92. The summed E-state index contributed by atoms with van der Waals surface area (Å²) in [5, 5.41) is 15.5. The molecule has 0 spiro atoms. The van der Waals surface area contributed by atoms with E-state index in [0.29, 0.717) is 37.3 Å². The van der Waals surface area contributed by atoms with Gasteiger partial charge in [-0.3, -0.25) is 4.79 Å². The summed E-state index contributed by atoms with van der Waals surface area (Å²) in [6, 6.07) is 15.4. The van der Waals surface area contributed by atoms with Crippen molar-refractivity contribution in [2.45, 2.75) is 38.1 Å². The van der Waals surface area contributed by atoms with Crippen LogP contribution in [0.3, 0.4) is 0 Å². The number of allylic oxidation sites excluding steroid dienone is 2. The molecule has 2 aromatic carbocycles. The number of rotatable bonds is 6. The van der Waals surface area contributed by atoms with E-state index in [-0.39, 0.29) is 12.5 Å². The van der Waals surface area contributed by atoms with Gasteiger partial charge in [-0.05, 0) is 48.4 Å². The highest BCUT2D eigenvalue weighted by atomic mass is 16.3. The van der Waals surface area contributed by atoms with Crippen LogP contribution in [0.5, 0.6) is 0 Å². The maximum atomic E-state index is 12.1. The molecule has 0 saturated carbocycles. The predicted molar refractivity (Wildman–Crippen MR) is 112 cm³/mol. The number of benzene rings is 2. The van der Waals surface area contributed by atoms with E-state index < -0.39 is 0 Å². The molecule has 4 rings (SSSR count). The highest BCUT2D eigenvalue weighted by Gasteiger charge is 2.37. The molecule has 3 unspecified atom stereocenters. The van der Waals surface area contributed by atoms with Crippen LogP contribution in [0.2, 0.25) is 0 Å². The quantitative estimate of drug-likeness (QED) is 0.530. The summed E-state index contributed by atoms with van der Waals surface area (Å²) in [4.78, 5) is 12.1. The summed E-state index contributed by atoms with van der Waals surface area (Å²) < 4.78 is 0. The highest BCUT2D eigenvalue weighted by molar-refractivity contribution is 5.79. The smallest absolute Gasteiger partial charge is 0.224 e. The van der Waals surface area contributed by atoms with Gasteiger partial charge in [-0.1, -0.05) is 54.1 Å². The molecule has 4 nitrogen and oxygen atoms in total. The van der Waals surface area contributed by atoms with Crippen LogP contribution in [-0.4, -0.2) is 24.2 Å². The van der Waals surface area contributed by atoms with Crippen molar-refractivity contribution in [2.75, 3.05) is 18.5 Å². The van der Waals surface area contributed by atoms with Gasteiger partial charge in [0.15, 0.2) is 0 Å². The van der Waals surface area contributed by atoms with Crippen molar-refractivity contribution in [3.63, 3.8) is 0 Å². The molecule has 1 heterocycles. The Kier molecular flexibility index (Phi) is 5.49. The Balaban J connectivity index is 1.56. The van der Waals surface area contributed by atoms with Crippen LogP contribution in [-0.2, 0) is 11.2 Å². The molecule has 1 aliphatic heterocycles. The molecule has 1 aliphatic carbocycles. The van der Waals surface area contributed by atoms with Crippen LogP contribution in [0.15, 0.2) is 54.6 Å². The molecule has 0 saturated heterocycles. The number of anilines is 1. The van der Waals surface area contributed by atoms with Crippen LogP contribution >= 0.6 is 0 Å². The lowest BCUT2D eigenvalue weighted by Crippen LogP contribution is -2.29. The van der Waals surface area contributed by atoms with Gasteiger partial charge in [0.2, 0.25) is 5.91 Å². The van der Waals surface area contributed by atoms with Crippen molar-refractivity contribution in [3.8, 4) is 0 Å². The molecule has 28 heavy (non-hydrogen) atoms. The summed E-state index contributed by atoms with van der Waals surface area (Å²) in [7, 11) is 0. The summed E-state index contributed by atoms with van der Waals surface area (Å²) in [6.45, 7) is 2.76. The first-order chi connectivity index (χ1) is 13.7. The van der Waals surface area contributed by atoms with E-state index in [1.54, 1.807) is 0 Å². The second-order valence-corrected chi connectivity index (χ2v) is 7.92. The lowest BCUT2D eigenvalue weighted by Gasteiger charge is -2.38. The fourth-order valence-corrected chi connectivity index (χ4v) is 4.50. The number of amides is 1. The molecular formula is C24H28N2O2. The van der Waals surface area contributed by atoms with Crippen LogP contribution in [0.4, 0.5) is 5.69 Å². The van der Waals surface area contributed by atoms with Gasteiger partial charge in [-0.2, -0.15) is 0 Å². The Labute approximate surface area is 166 Å². The maximum Gasteiger partial charge on any atom is 0.224 e. The Morgan fingerprint density at radius 3 is 2.96 bits per heavy atom. The van der Waals surface area contributed by atoms with Gasteiger partial charge in [0, 0.05) is 24.8 Å². The van der Waals surface area contributed by atoms with Gasteiger partial charge in [-0.25, -0.2) is 0 Å². The average Bonchev–Trinajstić information content (AvgIpc) is 3.18. The number of aliphatic hydroxyl groups is 1. The zero-order valence-corrected chi connectivity index (χ0v) is 16.3. The van der Waals surface area contributed by atoms with Gasteiger partial charge >= 0.3 is 0 Å². The Morgan fingerprint density at radius 2 is 2.14 bits per heavy atom. The van der Waals surface area contributed by atoms with Gasteiger partial charge in [-0.15, -0.1) is 0 Å². The molecule has 2 aliphatic rings. The second kappa shape index (κ2) is 8.19. The molecule has 4 heteroatoms. The van der Waals surface area contributed by atoms with Crippen molar-refractivity contribution >= 4 is 11.6 Å². The van der Waals surface area contributed by atoms with E-state index in [0.717, 1.165) is 12.0 Å². The summed E-state index contributed by atoms with van der Waals surface area (Å²) in [6.07, 6.45) is 6.67. The first-order valence-corrected chi connectivity index (χ1v) is 10.2. The van der Waals surface area contributed by atoms with E-state index in [9.17, 15) is 4.79 Å². The molecule has 0 aromatic heterocycles. The highest BCUT2D eigenvalue weighted by Crippen LogP contribution is 2.50. The third kappa shape index (κ3) is 3.83. The Bertz CT molecular complexity index is 890. The topological polar surface area (TPSA) is 61.4 Å². The number of aryl methyl sites for hydroxylation is 1. The zero-order chi connectivity index (χ0) is 19.5. The minimum atomic E-state index is 0.00770. The van der Waals surface area contributed by atoms with E-state index in [1.165, 1.54) is 22.4 Å². The van der Waals surface area contributed by atoms with Crippen LogP contribution in [0.25, 0.3) is 0 Å². The van der Waals surface area contributed by atoms with Crippen molar-refractivity contribution in [2.24, 2.45) is 5.92 Å². The monoisotopic (exact) mass is 376 g/mol. The van der Waals surface area contributed by atoms with Crippen molar-refractivity contribution in [3.05, 3.63) is 76.9 Å². The van der Waals surface area contributed by atoms with E-state index >= 15 is 0 Å². The Morgan fingerprint density at radius 1 is 1.25 bits per heavy atom. The summed E-state index contributed by atoms with van der Waals surface area (Å²) >= 11 is 0. The third-order valence-corrected chi connectivity index (χ3v) is 5.85. The molecule has 0 bridgehead atoms. The first-order valence-electron chi connectivity index (χ1n) is 10.2. The minimum absolute atomic E-state index is 0.00770. The van der Waals surface area contributed by atoms with Gasteiger partial charge in [0.25, 0.3) is 0 Å². The number of hydrogen-bond donors (Lipinski definition) is 3. The van der Waals surface area contributed by atoms with Gasteiger partial charge in [0.1, 0.15) is 0 Å². The van der Waals surface area contributed by atoms with Crippen molar-refractivity contribution in [1.82, 2.24) is 5.32 Å². The minimum Gasteiger partial charge on any atom is -0.396 e. The first kappa shape index (κ1) is 18.8. The van der Waals surface area contributed by atoms with Crippen LogP contribution in [0, 0.1) is 12.8 Å². The standard InChI is InChI=1S/C24H28N2O2/c1-16-5-2-6-18(13-16)24-20-8-3-7-19(20)21-14-17(9-10-22(21)26-24)15-23(28)25-11-4-12-27/h2-3,5-7,9-10,13-14,19-20,24,26-27H,4,8,11-12,15H2,1H3,(H,25,28). The summed E-state index contributed by atoms with van der Waals surface area (Å²) in [5.41, 5.74) is 6.13. The van der Waals surface area contributed by atoms with Gasteiger partial charge in [0.05, 0.1) is 12.5 Å². The molecule has 3 N–H and O–H groups in total. The molecule has 0 fully saturated rings. The number of fused-ring (bicyclic) bond motifs is 3. The Hall–Kier alpha value is -2.59. The molecule has 1 amide bonds. The number of carbonyl (C=O) groups is 1. The SMILES string of the molecule is Cc1cccc(C2Nc3ccc(CC(=O)NCCCO)cc3C3C=CCC32)c1. The number of aliphatic hydroxyl groups excluding tert-OH is 1. The van der Waals surface area contributed by atoms with Crippen LogP contribution < -0.4 is 10.6 Å². The number of hydrogen-bond acceptors (Lipinski definition) is 3. The normalized spacial score (nSPS) is 22.3. The van der Waals surface area contributed by atoms with Crippen molar-refractivity contribution in [1.29, 1.82) is 0 Å². The fourth-order valence-electron chi connectivity index (χ4n) is 4.50. The molecule has 0 radical (unpaired) electrons. The van der Waals surface area contributed by atoms with E-state index in [4.69, 9.17) is 5.11 Å². The van der Waals surface area contributed by atoms with Gasteiger partial charge < -0.3 is 15.7 Å². The molecule has 2 aromatic rings. The van der Waals surface area contributed by atoms with Crippen LogP contribution in [0.1, 0.15) is 47.1 Å². The molecule has 146 valence electrons. The maximum absolute atomic E-state index is 12.1. The predicted octanol–water partition coefficient (Wildman–Crippen LogP) is 3.86. The van der Waals surface area contributed by atoms with Crippen molar-refractivity contribution < 1.29 is 9.90 Å². The zero-order valence-electron chi connectivity index (χ0n) is 16.3. The van der Waals surface area contributed by atoms with E-state index in [2.05, 4.69) is 66.1 Å². The molecule has 3 atom stereocenters. The third-order valence-electron chi connectivity index (χ3n) is 5.85. The number of carbonyl (C=O) groups excluding carboxylic acids is 1. The lowest BCUT2D eigenvalue weighted by atomic mass is 9.76. The van der Waals surface area contributed by atoms with E-state index in [1.807, 2.05) is 6.07 Å². The number of nitrogens with one attached hydrogen (secondary N) is 2. The lowest BCUT2D eigenvalue weighted by molar-refractivity contribution is -0.120. The largest absolute Gasteiger partial charge is 0.396 e.